The van der Waals surface area contributed by atoms with E-state index in [-0.39, 0.29) is 24.4 Å². The molecule has 1 aromatic rings. The van der Waals surface area contributed by atoms with Crippen molar-refractivity contribution in [1.29, 1.82) is 0 Å². The van der Waals surface area contributed by atoms with E-state index in [1.807, 2.05) is 0 Å². The third-order valence-corrected chi connectivity index (χ3v) is 2.33. The van der Waals surface area contributed by atoms with Crippen LogP contribution in [0, 0.1) is 15.9 Å². The molecule has 0 unspecified atom stereocenters. The maximum absolute atomic E-state index is 13.5. The highest BCUT2D eigenvalue weighted by molar-refractivity contribution is 5.71. The molecule has 0 heterocycles. The standard InChI is InChI=1S/C11H13FN2O5/c1-18-7-5-8(12)11(14(16)17)9(6-7)13-4-3-10(15)19-2/h5-6,13H,3-4H2,1-2H3. The van der Waals surface area contributed by atoms with Crippen molar-refractivity contribution in [3.63, 3.8) is 0 Å². The van der Waals surface area contributed by atoms with E-state index in [0.29, 0.717) is 0 Å². The minimum absolute atomic E-state index is 0.00643. The van der Waals surface area contributed by atoms with Gasteiger partial charge in [0.15, 0.2) is 0 Å². The lowest BCUT2D eigenvalue weighted by atomic mass is 10.2. The van der Waals surface area contributed by atoms with Crippen molar-refractivity contribution >= 4 is 17.3 Å². The van der Waals surface area contributed by atoms with Gasteiger partial charge in [0, 0.05) is 18.7 Å². The van der Waals surface area contributed by atoms with E-state index >= 15 is 0 Å². The van der Waals surface area contributed by atoms with Crippen LogP contribution in [-0.4, -0.2) is 31.7 Å². The summed E-state index contributed by atoms with van der Waals surface area (Å²) in [6, 6.07) is 2.21. The number of benzene rings is 1. The van der Waals surface area contributed by atoms with Crippen LogP contribution in [0.25, 0.3) is 0 Å². The Morgan fingerprint density at radius 3 is 2.68 bits per heavy atom. The van der Waals surface area contributed by atoms with Crippen LogP contribution in [0.4, 0.5) is 15.8 Å². The molecule has 0 saturated heterocycles. The molecular formula is C11H13FN2O5. The monoisotopic (exact) mass is 272 g/mol. The Kier molecular flexibility index (Phi) is 5.04. The lowest BCUT2D eigenvalue weighted by molar-refractivity contribution is -0.386. The quantitative estimate of drug-likeness (QED) is 0.481. The average Bonchev–Trinajstić information content (AvgIpc) is 2.37. The number of nitro benzene ring substituents is 1. The molecule has 0 aliphatic carbocycles. The molecule has 0 atom stereocenters. The zero-order valence-corrected chi connectivity index (χ0v) is 10.4. The van der Waals surface area contributed by atoms with Crippen molar-refractivity contribution in [2.24, 2.45) is 0 Å². The minimum atomic E-state index is -1.01. The Bertz CT molecular complexity index is 492. The van der Waals surface area contributed by atoms with Crippen molar-refractivity contribution < 1.29 is 23.6 Å². The SMILES string of the molecule is COC(=O)CCNc1cc(OC)cc(F)c1[N+](=O)[O-]. The number of methoxy groups -OCH3 is 2. The lowest BCUT2D eigenvalue weighted by Gasteiger charge is -2.09. The van der Waals surface area contributed by atoms with Gasteiger partial charge in [-0.1, -0.05) is 0 Å². The van der Waals surface area contributed by atoms with E-state index in [2.05, 4.69) is 10.1 Å². The van der Waals surface area contributed by atoms with E-state index in [4.69, 9.17) is 4.74 Å². The molecule has 0 aliphatic heterocycles. The molecule has 7 nitrogen and oxygen atoms in total. The summed E-state index contributed by atoms with van der Waals surface area (Å²) in [4.78, 5) is 20.9. The fourth-order valence-corrected chi connectivity index (χ4v) is 1.41. The van der Waals surface area contributed by atoms with Crippen LogP contribution in [0.1, 0.15) is 6.42 Å². The van der Waals surface area contributed by atoms with Crippen LogP contribution >= 0.6 is 0 Å². The van der Waals surface area contributed by atoms with Gasteiger partial charge in [-0.15, -0.1) is 0 Å². The van der Waals surface area contributed by atoms with Gasteiger partial charge in [0.1, 0.15) is 11.4 Å². The lowest BCUT2D eigenvalue weighted by Crippen LogP contribution is -2.11. The van der Waals surface area contributed by atoms with Crippen LogP contribution in [0.15, 0.2) is 12.1 Å². The van der Waals surface area contributed by atoms with Gasteiger partial charge in [-0.2, -0.15) is 4.39 Å². The number of nitrogens with zero attached hydrogens (tertiary/aromatic N) is 1. The molecule has 0 spiro atoms. The summed E-state index contributed by atoms with van der Waals surface area (Å²) in [5.74, 6) is -1.34. The summed E-state index contributed by atoms with van der Waals surface area (Å²) >= 11 is 0. The molecule has 0 amide bonds. The van der Waals surface area contributed by atoms with E-state index in [9.17, 15) is 19.3 Å². The highest BCUT2D eigenvalue weighted by atomic mass is 19.1. The molecule has 0 aromatic heterocycles. The predicted molar refractivity (Wildman–Crippen MR) is 64.7 cm³/mol. The molecule has 1 N–H and O–H groups in total. The zero-order chi connectivity index (χ0) is 14.4. The second-order valence-corrected chi connectivity index (χ2v) is 3.52. The van der Waals surface area contributed by atoms with Gasteiger partial charge in [0.2, 0.25) is 5.82 Å². The average molecular weight is 272 g/mol. The van der Waals surface area contributed by atoms with Gasteiger partial charge in [-0.25, -0.2) is 0 Å². The van der Waals surface area contributed by atoms with E-state index < -0.39 is 22.4 Å². The summed E-state index contributed by atoms with van der Waals surface area (Å²) in [5.41, 5.74) is -0.739. The molecule has 1 aromatic carbocycles. The number of esters is 1. The third-order valence-electron chi connectivity index (χ3n) is 2.33. The zero-order valence-electron chi connectivity index (χ0n) is 10.4. The normalized spacial score (nSPS) is 9.84. The maximum Gasteiger partial charge on any atom is 0.327 e. The first-order valence-corrected chi connectivity index (χ1v) is 5.32. The smallest absolute Gasteiger partial charge is 0.327 e. The molecular weight excluding hydrogens is 259 g/mol. The number of hydrogen-bond acceptors (Lipinski definition) is 6. The molecule has 104 valence electrons. The first-order chi connectivity index (χ1) is 8.99. The Morgan fingerprint density at radius 2 is 2.16 bits per heavy atom. The fraction of sp³-hybridized carbons (Fsp3) is 0.364. The van der Waals surface area contributed by atoms with E-state index in [1.54, 1.807) is 0 Å². The Labute approximate surface area is 108 Å². The Morgan fingerprint density at radius 1 is 1.47 bits per heavy atom. The molecule has 0 radical (unpaired) electrons. The number of ether oxygens (including phenoxy) is 2. The molecule has 0 bridgehead atoms. The summed E-state index contributed by atoms with van der Waals surface area (Å²) in [6.07, 6.45) is 0.00643. The number of hydrogen-bond donors (Lipinski definition) is 1. The highest BCUT2D eigenvalue weighted by Crippen LogP contribution is 2.32. The van der Waals surface area contributed by atoms with Gasteiger partial charge in [-0.3, -0.25) is 14.9 Å². The Hall–Kier alpha value is -2.38. The van der Waals surface area contributed by atoms with Crippen molar-refractivity contribution in [3.8, 4) is 5.75 Å². The van der Waals surface area contributed by atoms with Gasteiger partial charge in [0.05, 0.1) is 25.6 Å². The highest BCUT2D eigenvalue weighted by Gasteiger charge is 2.22. The van der Waals surface area contributed by atoms with Crippen LogP contribution in [-0.2, 0) is 9.53 Å². The van der Waals surface area contributed by atoms with Crippen LogP contribution < -0.4 is 10.1 Å². The second kappa shape index (κ2) is 6.53. The topological polar surface area (TPSA) is 90.7 Å². The third kappa shape index (κ3) is 3.80. The number of carbonyl (C=O) groups is 1. The number of carbonyl (C=O) groups excluding carboxylic acids is 1. The van der Waals surface area contributed by atoms with Crippen molar-refractivity contribution in [3.05, 3.63) is 28.1 Å². The maximum atomic E-state index is 13.5. The van der Waals surface area contributed by atoms with E-state index in [1.165, 1.54) is 20.3 Å². The number of halogens is 1. The van der Waals surface area contributed by atoms with Gasteiger partial charge >= 0.3 is 11.7 Å². The largest absolute Gasteiger partial charge is 0.497 e. The first-order valence-electron chi connectivity index (χ1n) is 5.32. The molecule has 19 heavy (non-hydrogen) atoms. The number of rotatable bonds is 6. The Balaban J connectivity index is 2.93. The molecule has 8 heteroatoms. The molecule has 1 rings (SSSR count). The van der Waals surface area contributed by atoms with Crippen LogP contribution in [0.2, 0.25) is 0 Å². The van der Waals surface area contributed by atoms with Gasteiger partial charge < -0.3 is 14.8 Å². The van der Waals surface area contributed by atoms with Crippen molar-refractivity contribution in [2.45, 2.75) is 6.42 Å². The van der Waals surface area contributed by atoms with Gasteiger partial charge in [-0.05, 0) is 0 Å². The van der Waals surface area contributed by atoms with E-state index in [0.717, 1.165) is 6.07 Å². The van der Waals surface area contributed by atoms with Crippen LogP contribution in [0.3, 0.4) is 0 Å². The summed E-state index contributed by atoms with van der Waals surface area (Å²) in [5, 5.41) is 13.4. The van der Waals surface area contributed by atoms with Crippen molar-refractivity contribution in [2.75, 3.05) is 26.1 Å². The molecule has 0 fully saturated rings. The summed E-state index contributed by atoms with van der Waals surface area (Å²) in [6.45, 7) is 0.0835. The number of nitro groups is 1. The predicted octanol–water partition coefficient (Wildman–Crippen LogP) is 1.72. The van der Waals surface area contributed by atoms with Gasteiger partial charge in [0.25, 0.3) is 0 Å². The summed E-state index contributed by atoms with van der Waals surface area (Å²) < 4.78 is 22.8. The molecule has 0 saturated carbocycles. The minimum Gasteiger partial charge on any atom is -0.497 e. The number of anilines is 1. The van der Waals surface area contributed by atoms with Crippen molar-refractivity contribution in [1.82, 2.24) is 0 Å². The molecule has 0 aliphatic rings. The number of nitrogens with one attached hydrogen (secondary N) is 1. The second-order valence-electron chi connectivity index (χ2n) is 3.52. The first kappa shape index (κ1) is 14.7. The summed E-state index contributed by atoms with van der Waals surface area (Å²) in [7, 11) is 2.55. The fourth-order valence-electron chi connectivity index (χ4n) is 1.41. The van der Waals surface area contributed by atoms with Crippen LogP contribution in [0.5, 0.6) is 5.75 Å².